The Kier molecular flexibility index (Phi) is 47.8. The lowest BCUT2D eigenvalue weighted by atomic mass is 10.0. The molecule has 135 heavy (non-hydrogen) atoms. The summed E-state index contributed by atoms with van der Waals surface area (Å²) in [7, 11) is 2.74. The number of nitrogens with one attached hydrogen (secondary N) is 1. The molecule has 4 heterocycles. The maximum absolute atomic E-state index is 12.9. The molecule has 0 atom stereocenters. The van der Waals surface area contributed by atoms with Crippen LogP contribution in [0.15, 0.2) is 322 Å². The Labute approximate surface area is 862 Å². The number of ether oxygens (including phenoxy) is 2. The van der Waals surface area contributed by atoms with Crippen molar-refractivity contribution < 1.29 is 57.7 Å². The summed E-state index contributed by atoms with van der Waals surface area (Å²) in [5.74, 6) is 2.08. The van der Waals surface area contributed by atoms with E-state index in [1.165, 1.54) is 30.9 Å². The average molecular weight is 2160 g/mol. The number of carbonyl (C=O) groups is 9. The van der Waals surface area contributed by atoms with Crippen molar-refractivity contribution in [1.29, 1.82) is 0 Å². The van der Waals surface area contributed by atoms with Crippen LogP contribution in [0.4, 0.5) is 0 Å². The molecule has 33 heteroatoms. The van der Waals surface area contributed by atoms with E-state index in [9.17, 15) is 43.2 Å². The Bertz CT molecular complexity index is 5870. The lowest BCUT2D eigenvalue weighted by molar-refractivity contribution is -0.127. The number of hydrogen-bond donors (Lipinski definition) is 3. The number of amides is 3. The molecule has 4 aliphatic heterocycles. The van der Waals surface area contributed by atoms with E-state index >= 15 is 0 Å². The molecule has 0 aliphatic carbocycles. The van der Waals surface area contributed by atoms with Gasteiger partial charge in [0.05, 0.1) is 35.9 Å². The van der Waals surface area contributed by atoms with Crippen molar-refractivity contribution in [2.24, 2.45) is 0 Å². The number of esters is 2. The van der Waals surface area contributed by atoms with E-state index in [1.54, 1.807) is 114 Å². The predicted molar refractivity (Wildman–Crippen MR) is 558 cm³/mol. The fourth-order valence-electron chi connectivity index (χ4n) is 13.1. The van der Waals surface area contributed by atoms with Gasteiger partial charge in [-0.05, 0) is 263 Å². The van der Waals surface area contributed by atoms with Gasteiger partial charge in [-0.1, -0.05) is 183 Å². The maximum Gasteiger partial charge on any atom is 0.337 e. The smallest absolute Gasteiger partial charge is 0.337 e. The molecule has 0 aromatic heterocycles. The summed E-state index contributed by atoms with van der Waals surface area (Å²) in [6, 6.07) is 93.0. The van der Waals surface area contributed by atoms with Gasteiger partial charge in [-0.2, -0.15) is 0 Å². The van der Waals surface area contributed by atoms with Crippen molar-refractivity contribution in [2.45, 2.75) is 64.9 Å². The van der Waals surface area contributed by atoms with Gasteiger partial charge in [0.25, 0.3) is 23.0 Å². The first-order valence-corrected chi connectivity index (χ1v) is 50.8. The molecule has 16 rings (SSSR count). The van der Waals surface area contributed by atoms with Crippen LogP contribution in [0.5, 0.6) is 0 Å². The third-order valence-corrected chi connectivity index (χ3v) is 28.1. The minimum absolute atomic E-state index is 0.0885. The SMILES string of the molecule is COC(=O)c1ccc(S)cc1.COC(=O)c1ccc(SCc2cccc(Cl)c2)cc1.Clc1cccc(CBr)c1.O=C(Cl)C(=O)Cl.O=C(Cl)c1ccc(SCc2cccc(Cl)c2)c(Cl)c1.O=C(O)c1ccc(SCc2cccc(Cl)c2)cc1.O=C(c1ccccc1)N1CCN(C2CN(C(=O)c3ccc(SCc4cccc(Cl)c4)cc3)C2)CC1.O=C(c1ccccc1)N1CCN(C2CNC2)CC1. The van der Waals surface area contributed by atoms with Crippen LogP contribution in [0, 0.1) is 0 Å². The summed E-state index contributed by atoms with van der Waals surface area (Å²) in [6.45, 7) is 10.6. The number of alkyl halides is 1. The van der Waals surface area contributed by atoms with Crippen molar-refractivity contribution >= 4 is 231 Å². The molecule has 2 N–H and O–H groups in total. The second-order valence-electron chi connectivity index (χ2n) is 29.9. The van der Waals surface area contributed by atoms with Crippen LogP contribution in [0.1, 0.15) is 100 Å². The second-order valence-corrected chi connectivity index (χ2v) is 38.7. The Balaban J connectivity index is 0.000000181. The van der Waals surface area contributed by atoms with Gasteiger partial charge in [-0.3, -0.25) is 38.6 Å². The van der Waals surface area contributed by atoms with E-state index in [1.807, 2.05) is 239 Å². The van der Waals surface area contributed by atoms with Crippen LogP contribution in [0.25, 0.3) is 0 Å². The number of thiol groups is 1. The monoisotopic (exact) mass is 2150 g/mol. The number of rotatable bonds is 23. The lowest BCUT2D eigenvalue weighted by Crippen LogP contribution is -2.64. The summed E-state index contributed by atoms with van der Waals surface area (Å²) in [4.78, 5) is 116. The molecule has 3 amide bonds. The third kappa shape index (κ3) is 38.5. The highest BCUT2D eigenvalue weighted by Crippen LogP contribution is 2.34. The molecule has 0 spiro atoms. The highest BCUT2D eigenvalue weighted by Gasteiger charge is 2.37. The van der Waals surface area contributed by atoms with E-state index in [0.717, 1.165) is 179 Å². The molecule has 0 unspecified atom stereocenters. The van der Waals surface area contributed by atoms with Crippen LogP contribution in [0.3, 0.4) is 0 Å². The summed E-state index contributed by atoms with van der Waals surface area (Å²) in [5, 5.41) is 14.4. The fraction of sp³-hybridized carbons (Fsp3) is 0.206. The quantitative estimate of drug-likeness (QED) is 0.0135. The first kappa shape index (κ1) is 110. The summed E-state index contributed by atoms with van der Waals surface area (Å²) in [6.07, 6.45) is 0. The Hall–Kier alpha value is -8.81. The minimum Gasteiger partial charge on any atom is -0.478 e. The number of halogens is 10. The normalized spacial score (nSPS) is 13.2. The van der Waals surface area contributed by atoms with Crippen LogP contribution in [-0.2, 0) is 47.4 Å². The van der Waals surface area contributed by atoms with Crippen LogP contribution in [-0.4, -0.2) is 186 Å². The van der Waals surface area contributed by atoms with Crippen LogP contribution >= 0.6 is 180 Å². The number of thioether (sulfide) groups is 4. The summed E-state index contributed by atoms with van der Waals surface area (Å²) in [5.41, 5.74) is 9.93. The molecule has 4 aliphatic rings. The van der Waals surface area contributed by atoms with Crippen molar-refractivity contribution in [2.75, 3.05) is 92.8 Å². The average Bonchev–Trinajstić information content (AvgIpc) is 0.793. The van der Waals surface area contributed by atoms with Crippen molar-refractivity contribution in [3.63, 3.8) is 0 Å². The summed E-state index contributed by atoms with van der Waals surface area (Å²) >= 11 is 64.1. The zero-order valence-corrected chi connectivity index (χ0v) is 85.5. The van der Waals surface area contributed by atoms with E-state index in [0.29, 0.717) is 44.4 Å². The molecule has 0 saturated carbocycles. The van der Waals surface area contributed by atoms with Crippen LogP contribution in [0.2, 0.25) is 30.1 Å². The van der Waals surface area contributed by atoms with E-state index in [-0.39, 0.29) is 29.7 Å². The molecular formula is C102H94BrCl9N6O12S5. The zero-order chi connectivity index (χ0) is 97.1. The number of piperazine rings is 2. The number of aromatic carboxylic acids is 1. The van der Waals surface area contributed by atoms with Crippen molar-refractivity contribution in [3.05, 3.63) is 394 Å². The number of hydrogen-bond acceptors (Lipinski definition) is 19. The van der Waals surface area contributed by atoms with Crippen LogP contribution < -0.4 is 5.32 Å². The molecule has 4 saturated heterocycles. The Morgan fingerprint density at radius 1 is 0.363 bits per heavy atom. The minimum atomic E-state index is -1.14. The topological polar surface area (TPSA) is 221 Å². The predicted octanol–water partition coefficient (Wildman–Crippen LogP) is 25.3. The highest BCUT2D eigenvalue weighted by molar-refractivity contribution is 9.08. The molecule has 12 aromatic carbocycles. The Morgan fingerprint density at radius 2 is 0.681 bits per heavy atom. The largest absolute Gasteiger partial charge is 0.478 e. The number of methoxy groups -OCH3 is 2. The maximum atomic E-state index is 12.9. The number of benzene rings is 12. The molecule has 704 valence electrons. The number of carboxylic acids is 1. The van der Waals surface area contributed by atoms with Gasteiger partial charge in [-0.25, -0.2) is 14.4 Å². The van der Waals surface area contributed by atoms with E-state index in [4.69, 9.17) is 86.3 Å². The Morgan fingerprint density at radius 3 is 1.00 bits per heavy atom. The number of carboxylic acid groups (broad SMARTS) is 1. The molecule has 4 fully saturated rings. The lowest BCUT2D eigenvalue weighted by Gasteiger charge is -2.48. The molecular weight excluding hydrogens is 2060 g/mol. The van der Waals surface area contributed by atoms with Gasteiger partial charge in [0.15, 0.2) is 0 Å². The summed E-state index contributed by atoms with van der Waals surface area (Å²) < 4.78 is 9.17. The van der Waals surface area contributed by atoms with Crippen molar-refractivity contribution in [1.82, 2.24) is 29.8 Å². The highest BCUT2D eigenvalue weighted by atomic mass is 79.9. The van der Waals surface area contributed by atoms with E-state index in [2.05, 4.69) is 82.4 Å². The molecule has 12 aromatic rings. The van der Waals surface area contributed by atoms with Gasteiger partial charge in [-0.15, -0.1) is 59.7 Å². The number of nitrogens with zero attached hydrogens (tertiary/aromatic N) is 5. The molecule has 18 nitrogen and oxygen atoms in total. The molecule has 0 radical (unpaired) electrons. The third-order valence-electron chi connectivity index (χ3n) is 20.5. The first-order chi connectivity index (χ1) is 65.0. The second kappa shape index (κ2) is 58.8. The fourth-order valence-corrected chi connectivity index (χ4v) is 18.5. The van der Waals surface area contributed by atoms with Crippen molar-refractivity contribution in [3.8, 4) is 0 Å². The van der Waals surface area contributed by atoms with Gasteiger partial charge < -0.3 is 34.6 Å². The number of likely N-dealkylation sites (tertiary alicyclic amines) is 1. The van der Waals surface area contributed by atoms with E-state index < -0.39 is 21.7 Å². The number of carbonyl (C=O) groups excluding carboxylic acids is 8. The standard InChI is InChI=1S/C28H28ClN3O2S.C15H13ClO2S.C14H9Cl3OS.C14H11ClO2S.C14H19N3O.C8H8O2S.C7H6BrCl.C2Cl2O2/c29-24-8-4-5-21(17-24)20-35-26-11-9-23(10-12-26)28(34)32-18-25(19-32)30-13-15-31(16-14-30)27(33)22-6-2-1-3-7-22;1-18-15(17)12-5-7-14(8-6-12)19-10-11-3-2-4-13(16)9-11;15-11-3-1-2-9(6-11)8-19-13-5-4-10(14(17)18)7-12(13)16;15-12-3-1-2-10(8-12)9-18-13-6-4-11(5-7-13)14(16)17;18-14(12-4-2-1-3-5-12)17-8-6-16(7-9-17)13-10-15-11-13;1-10-8(9)6-2-4-7(11)5-3-6;8-5-6-2-1-3-7(9)4-6;3-1(5)2(4)6/h1-12,17,25H,13-16,18-20H2;2-9H,10H2,1H3;1-7H,8H2;1-8H,9H2,(H,16,17);1-5,13,15H,6-11H2;2-5,11H,1H3;1-4H,5H2;. The zero-order valence-electron chi connectivity index (χ0n) is 73.0. The van der Waals surface area contributed by atoms with Gasteiger partial charge in [0.2, 0.25) is 0 Å². The molecule has 0 bridgehead atoms. The van der Waals surface area contributed by atoms with Gasteiger partial charge in [0, 0.05) is 191 Å². The first-order valence-electron chi connectivity index (χ1n) is 41.9. The van der Waals surface area contributed by atoms with Gasteiger partial charge in [0.1, 0.15) is 0 Å². The van der Waals surface area contributed by atoms with Gasteiger partial charge >= 0.3 is 28.4 Å².